The van der Waals surface area contributed by atoms with Gasteiger partial charge in [-0.05, 0) is 13.8 Å². The van der Waals surface area contributed by atoms with Crippen LogP contribution in [0.2, 0.25) is 0 Å². The molecule has 0 saturated heterocycles. The van der Waals surface area contributed by atoms with E-state index in [-0.39, 0.29) is 5.91 Å². The van der Waals surface area contributed by atoms with Crippen LogP contribution in [0.25, 0.3) is 0 Å². The number of amides is 1. The van der Waals surface area contributed by atoms with Crippen molar-refractivity contribution in [1.82, 2.24) is 9.78 Å². The number of aryl methyl sites for hydroxylation is 1. The predicted molar refractivity (Wildman–Crippen MR) is 51.3 cm³/mol. The Hall–Kier alpha value is -1.58. The molecule has 13 heavy (non-hydrogen) atoms. The highest BCUT2D eigenvalue weighted by Crippen LogP contribution is 2.06. The normalized spacial score (nSPS) is 9.69. The largest absolute Gasteiger partial charge is 0.307 e. The van der Waals surface area contributed by atoms with E-state index in [0.717, 1.165) is 6.54 Å². The highest BCUT2D eigenvalue weighted by Gasteiger charge is 2.05. The van der Waals surface area contributed by atoms with Gasteiger partial charge in [-0.3, -0.25) is 4.79 Å². The average Bonchev–Trinajstić information content (AvgIpc) is 2.51. The molecule has 1 aromatic rings. The maximum absolute atomic E-state index is 11.2. The molecule has 4 heteroatoms. The van der Waals surface area contributed by atoms with Crippen LogP contribution in [0.5, 0.6) is 0 Å². The molecule has 1 amide bonds. The molecular formula is C9H13N3O. The van der Waals surface area contributed by atoms with E-state index in [1.165, 1.54) is 0 Å². The molecule has 4 nitrogen and oxygen atoms in total. The summed E-state index contributed by atoms with van der Waals surface area (Å²) in [4.78, 5) is 11.2. The Kier molecular flexibility index (Phi) is 2.84. The Bertz CT molecular complexity index is 327. The predicted octanol–water partition coefficient (Wildman–Crippen LogP) is 1.42. The topological polar surface area (TPSA) is 46.9 Å². The van der Waals surface area contributed by atoms with Gasteiger partial charge in [-0.25, -0.2) is 4.68 Å². The summed E-state index contributed by atoms with van der Waals surface area (Å²) in [5, 5.41) is 6.72. The van der Waals surface area contributed by atoms with Gasteiger partial charge in [-0.2, -0.15) is 5.10 Å². The zero-order chi connectivity index (χ0) is 9.84. The molecule has 1 aromatic heterocycles. The number of carbonyl (C=O) groups is 1. The zero-order valence-corrected chi connectivity index (χ0v) is 7.87. The second-order valence-electron chi connectivity index (χ2n) is 2.77. The standard InChI is InChI=1S/C9H13N3O/c1-4-12-8(5-6-10-12)11-9(13)7(2)3/h5-6H,2,4H2,1,3H3,(H,11,13). The number of nitrogens with one attached hydrogen (secondary N) is 1. The molecule has 0 aliphatic rings. The van der Waals surface area contributed by atoms with Gasteiger partial charge in [0.15, 0.2) is 0 Å². The number of rotatable bonds is 3. The molecule has 0 unspecified atom stereocenters. The Morgan fingerprint density at radius 1 is 1.77 bits per heavy atom. The van der Waals surface area contributed by atoms with Gasteiger partial charge in [0.05, 0.1) is 6.20 Å². The molecule has 0 radical (unpaired) electrons. The number of hydrogen-bond donors (Lipinski definition) is 1. The van der Waals surface area contributed by atoms with E-state index in [0.29, 0.717) is 11.4 Å². The Labute approximate surface area is 77.3 Å². The first-order valence-corrected chi connectivity index (χ1v) is 4.13. The van der Waals surface area contributed by atoms with Crippen molar-refractivity contribution in [2.45, 2.75) is 20.4 Å². The molecule has 1 N–H and O–H groups in total. The number of hydrogen-bond acceptors (Lipinski definition) is 2. The number of aromatic nitrogens is 2. The van der Waals surface area contributed by atoms with Crippen LogP contribution in [0, 0.1) is 0 Å². The summed E-state index contributed by atoms with van der Waals surface area (Å²) in [6.45, 7) is 7.91. The van der Waals surface area contributed by atoms with Gasteiger partial charge in [-0.15, -0.1) is 0 Å². The van der Waals surface area contributed by atoms with Gasteiger partial charge >= 0.3 is 0 Å². The highest BCUT2D eigenvalue weighted by molar-refractivity contribution is 6.02. The molecule has 0 bridgehead atoms. The van der Waals surface area contributed by atoms with Crippen LogP contribution in [-0.2, 0) is 11.3 Å². The van der Waals surface area contributed by atoms with Crippen molar-refractivity contribution in [2.75, 3.05) is 5.32 Å². The van der Waals surface area contributed by atoms with Crippen LogP contribution in [0.15, 0.2) is 24.4 Å². The molecule has 0 aromatic carbocycles. The Morgan fingerprint density at radius 3 is 3.00 bits per heavy atom. The van der Waals surface area contributed by atoms with Crippen LogP contribution in [0.4, 0.5) is 5.82 Å². The maximum atomic E-state index is 11.2. The second kappa shape index (κ2) is 3.89. The van der Waals surface area contributed by atoms with Crippen molar-refractivity contribution in [3.8, 4) is 0 Å². The van der Waals surface area contributed by atoms with Crippen LogP contribution >= 0.6 is 0 Å². The van der Waals surface area contributed by atoms with Gasteiger partial charge in [0.25, 0.3) is 5.91 Å². The van der Waals surface area contributed by atoms with Crippen LogP contribution < -0.4 is 5.32 Å². The molecule has 0 atom stereocenters. The van der Waals surface area contributed by atoms with E-state index in [1.807, 2.05) is 6.92 Å². The summed E-state index contributed by atoms with van der Waals surface area (Å²) in [6, 6.07) is 1.75. The average molecular weight is 179 g/mol. The monoisotopic (exact) mass is 179 g/mol. The Balaban J connectivity index is 2.74. The molecular weight excluding hydrogens is 166 g/mol. The smallest absolute Gasteiger partial charge is 0.251 e. The maximum Gasteiger partial charge on any atom is 0.251 e. The van der Waals surface area contributed by atoms with Gasteiger partial charge in [0.2, 0.25) is 0 Å². The van der Waals surface area contributed by atoms with Crippen molar-refractivity contribution in [3.05, 3.63) is 24.4 Å². The SMILES string of the molecule is C=C(C)C(=O)Nc1ccnn1CC. The first-order valence-electron chi connectivity index (χ1n) is 4.13. The Morgan fingerprint density at radius 2 is 2.46 bits per heavy atom. The number of carbonyl (C=O) groups excluding carboxylic acids is 1. The van der Waals surface area contributed by atoms with E-state index < -0.39 is 0 Å². The van der Waals surface area contributed by atoms with Crippen LogP contribution in [-0.4, -0.2) is 15.7 Å². The molecule has 70 valence electrons. The van der Waals surface area contributed by atoms with Crippen LogP contribution in [0.1, 0.15) is 13.8 Å². The van der Waals surface area contributed by atoms with Crippen molar-refractivity contribution >= 4 is 11.7 Å². The quantitative estimate of drug-likeness (QED) is 0.713. The van der Waals surface area contributed by atoms with Gasteiger partial charge in [-0.1, -0.05) is 6.58 Å². The van der Waals surface area contributed by atoms with Crippen LogP contribution in [0.3, 0.4) is 0 Å². The summed E-state index contributed by atoms with van der Waals surface area (Å²) < 4.78 is 1.71. The molecule has 0 fully saturated rings. The summed E-state index contributed by atoms with van der Waals surface area (Å²) in [5.74, 6) is 0.533. The van der Waals surface area contributed by atoms with E-state index >= 15 is 0 Å². The molecule has 0 aliphatic heterocycles. The summed E-state index contributed by atoms with van der Waals surface area (Å²) in [5.41, 5.74) is 0.490. The minimum Gasteiger partial charge on any atom is -0.307 e. The third-order valence-electron chi connectivity index (χ3n) is 1.65. The lowest BCUT2D eigenvalue weighted by atomic mass is 10.3. The zero-order valence-electron chi connectivity index (χ0n) is 7.87. The van der Waals surface area contributed by atoms with Gasteiger partial charge in [0, 0.05) is 18.2 Å². The van der Waals surface area contributed by atoms with E-state index in [9.17, 15) is 4.79 Å². The molecule has 0 saturated carbocycles. The molecule has 1 heterocycles. The lowest BCUT2D eigenvalue weighted by Crippen LogP contribution is -2.15. The molecule has 0 aliphatic carbocycles. The fourth-order valence-corrected chi connectivity index (χ4v) is 0.914. The third kappa shape index (κ3) is 2.18. The van der Waals surface area contributed by atoms with E-state index in [1.54, 1.807) is 23.9 Å². The lowest BCUT2D eigenvalue weighted by Gasteiger charge is -2.05. The first-order chi connectivity index (χ1) is 6.15. The molecule has 1 rings (SSSR count). The number of anilines is 1. The lowest BCUT2D eigenvalue weighted by molar-refractivity contribution is -0.112. The third-order valence-corrected chi connectivity index (χ3v) is 1.65. The fourth-order valence-electron chi connectivity index (χ4n) is 0.914. The minimum absolute atomic E-state index is 0.171. The van der Waals surface area contributed by atoms with Crippen molar-refractivity contribution in [3.63, 3.8) is 0 Å². The van der Waals surface area contributed by atoms with Crippen molar-refractivity contribution in [2.24, 2.45) is 0 Å². The first kappa shape index (κ1) is 9.51. The van der Waals surface area contributed by atoms with Crippen molar-refractivity contribution in [1.29, 1.82) is 0 Å². The summed E-state index contributed by atoms with van der Waals surface area (Å²) >= 11 is 0. The summed E-state index contributed by atoms with van der Waals surface area (Å²) in [6.07, 6.45) is 1.65. The highest BCUT2D eigenvalue weighted by atomic mass is 16.1. The van der Waals surface area contributed by atoms with E-state index in [4.69, 9.17) is 0 Å². The second-order valence-corrected chi connectivity index (χ2v) is 2.77. The minimum atomic E-state index is -0.171. The van der Waals surface area contributed by atoms with Gasteiger partial charge in [0.1, 0.15) is 5.82 Å². The fraction of sp³-hybridized carbons (Fsp3) is 0.333. The van der Waals surface area contributed by atoms with Crippen molar-refractivity contribution < 1.29 is 4.79 Å². The van der Waals surface area contributed by atoms with Gasteiger partial charge < -0.3 is 5.32 Å². The molecule has 0 spiro atoms. The number of nitrogens with zero attached hydrogens (tertiary/aromatic N) is 2. The van der Waals surface area contributed by atoms with E-state index in [2.05, 4.69) is 17.0 Å². The summed E-state index contributed by atoms with van der Waals surface area (Å²) in [7, 11) is 0.